The number of rotatable bonds is 9. The molecule has 0 unspecified atom stereocenters. The van der Waals surface area contributed by atoms with Gasteiger partial charge in [-0.05, 0) is 48.3 Å². The maximum atomic E-state index is 12.0. The van der Waals surface area contributed by atoms with Gasteiger partial charge in [0.25, 0.3) is 5.24 Å². The molecule has 0 saturated carbocycles. The first-order valence-corrected chi connectivity index (χ1v) is 11.4. The van der Waals surface area contributed by atoms with Crippen molar-refractivity contribution < 1.29 is 14.3 Å². The lowest BCUT2D eigenvalue weighted by Gasteiger charge is -2.16. The van der Waals surface area contributed by atoms with Gasteiger partial charge in [-0.2, -0.15) is 0 Å². The number of hydrogen-bond donors (Lipinski definition) is 0. The van der Waals surface area contributed by atoms with Crippen molar-refractivity contribution in [1.29, 1.82) is 0 Å². The fourth-order valence-electron chi connectivity index (χ4n) is 3.74. The molecule has 154 valence electrons. The maximum Gasteiger partial charge on any atom is 0.289 e. The number of carbonyl (C=O) groups is 2. The molecule has 0 aliphatic carbocycles. The van der Waals surface area contributed by atoms with E-state index in [2.05, 4.69) is 24.3 Å². The number of benzene rings is 3. The Balaban J connectivity index is 1.35. The molecule has 2 amide bonds. The standard InChI is InChI=1S/C25H25NO3S/c27-24-18-30-25(28)26(24)17-20-14-15-23(22-13-7-6-12-21(20)22)29-16-8-2-5-11-19-9-3-1-4-10-19/h1,3-4,6-7,9-10,12-15H,2,5,8,11,16-18H2. The van der Waals surface area contributed by atoms with Crippen LogP contribution in [0.1, 0.15) is 30.4 Å². The molecule has 1 aliphatic heterocycles. The van der Waals surface area contributed by atoms with Crippen molar-refractivity contribution in [3.63, 3.8) is 0 Å². The average molecular weight is 420 g/mol. The Bertz CT molecular complexity index is 1020. The number of hydrogen-bond acceptors (Lipinski definition) is 4. The normalized spacial score (nSPS) is 13.9. The van der Waals surface area contributed by atoms with Gasteiger partial charge in [0.1, 0.15) is 5.75 Å². The Morgan fingerprint density at radius 2 is 1.60 bits per heavy atom. The number of imide groups is 1. The van der Waals surface area contributed by atoms with E-state index in [-0.39, 0.29) is 16.9 Å². The summed E-state index contributed by atoms with van der Waals surface area (Å²) in [5.41, 5.74) is 2.35. The summed E-state index contributed by atoms with van der Waals surface area (Å²) in [7, 11) is 0. The first kappa shape index (κ1) is 20.5. The van der Waals surface area contributed by atoms with Gasteiger partial charge in [-0.3, -0.25) is 14.5 Å². The van der Waals surface area contributed by atoms with E-state index >= 15 is 0 Å². The van der Waals surface area contributed by atoms with Gasteiger partial charge in [0, 0.05) is 5.39 Å². The molecule has 3 aromatic carbocycles. The summed E-state index contributed by atoms with van der Waals surface area (Å²) in [5.74, 6) is 0.971. The molecular formula is C25H25NO3S. The summed E-state index contributed by atoms with van der Waals surface area (Å²) >= 11 is 1.07. The third-order valence-electron chi connectivity index (χ3n) is 5.35. The monoisotopic (exact) mass is 419 g/mol. The molecule has 1 saturated heterocycles. The Kier molecular flexibility index (Phi) is 6.70. The molecule has 4 rings (SSSR count). The smallest absolute Gasteiger partial charge is 0.289 e. The van der Waals surface area contributed by atoms with Crippen LogP contribution in [0.25, 0.3) is 10.8 Å². The average Bonchev–Trinajstić information content (AvgIpc) is 3.10. The molecule has 0 bridgehead atoms. The van der Waals surface area contributed by atoms with Gasteiger partial charge in [0.15, 0.2) is 0 Å². The summed E-state index contributed by atoms with van der Waals surface area (Å²) in [6, 6.07) is 22.5. The minimum atomic E-state index is -0.167. The van der Waals surface area contributed by atoms with Crippen molar-refractivity contribution in [3.8, 4) is 5.75 Å². The van der Waals surface area contributed by atoms with E-state index in [4.69, 9.17) is 4.74 Å². The molecule has 0 aromatic heterocycles. The van der Waals surface area contributed by atoms with Crippen LogP contribution in [0.5, 0.6) is 5.75 Å². The second-order valence-corrected chi connectivity index (χ2v) is 8.37. The number of unbranched alkanes of at least 4 members (excludes halogenated alkanes) is 2. The van der Waals surface area contributed by atoms with Crippen molar-refractivity contribution in [2.75, 3.05) is 12.4 Å². The van der Waals surface area contributed by atoms with Gasteiger partial charge >= 0.3 is 0 Å². The molecule has 0 radical (unpaired) electrons. The fourth-order valence-corrected chi connectivity index (χ4v) is 4.46. The predicted octanol–water partition coefficient (Wildman–Crippen LogP) is 5.83. The molecule has 1 heterocycles. The largest absolute Gasteiger partial charge is 0.493 e. The highest BCUT2D eigenvalue weighted by Crippen LogP contribution is 2.31. The van der Waals surface area contributed by atoms with E-state index in [0.717, 1.165) is 59.5 Å². The number of ether oxygens (including phenoxy) is 1. The van der Waals surface area contributed by atoms with Crippen molar-refractivity contribution >= 4 is 33.7 Å². The number of fused-ring (bicyclic) bond motifs is 1. The van der Waals surface area contributed by atoms with Crippen LogP contribution in [0, 0.1) is 0 Å². The molecule has 0 spiro atoms. The zero-order valence-corrected chi connectivity index (χ0v) is 17.7. The van der Waals surface area contributed by atoms with Crippen LogP contribution in [-0.4, -0.2) is 28.4 Å². The van der Waals surface area contributed by atoms with Crippen molar-refractivity contribution in [1.82, 2.24) is 4.90 Å². The van der Waals surface area contributed by atoms with E-state index in [1.54, 1.807) is 0 Å². The minimum absolute atomic E-state index is 0.120. The highest BCUT2D eigenvalue weighted by atomic mass is 32.2. The summed E-state index contributed by atoms with van der Waals surface area (Å²) < 4.78 is 6.09. The quantitative estimate of drug-likeness (QED) is 0.410. The second-order valence-electron chi connectivity index (χ2n) is 7.45. The van der Waals surface area contributed by atoms with E-state index < -0.39 is 0 Å². The molecule has 0 atom stereocenters. The van der Waals surface area contributed by atoms with Crippen LogP contribution in [0.4, 0.5) is 4.79 Å². The molecule has 1 aliphatic rings. The van der Waals surface area contributed by atoms with E-state index in [0.29, 0.717) is 13.2 Å². The van der Waals surface area contributed by atoms with Crippen LogP contribution in [0.15, 0.2) is 66.7 Å². The van der Waals surface area contributed by atoms with Crippen LogP contribution in [-0.2, 0) is 17.8 Å². The summed E-state index contributed by atoms with van der Waals surface area (Å²) in [4.78, 5) is 25.3. The highest BCUT2D eigenvalue weighted by Gasteiger charge is 2.30. The summed E-state index contributed by atoms with van der Waals surface area (Å²) in [5, 5.41) is 1.88. The van der Waals surface area contributed by atoms with Crippen LogP contribution in [0.2, 0.25) is 0 Å². The van der Waals surface area contributed by atoms with Crippen molar-refractivity contribution in [3.05, 3.63) is 77.9 Å². The van der Waals surface area contributed by atoms with Gasteiger partial charge in [-0.25, -0.2) is 0 Å². The Hall–Kier alpha value is -2.79. The van der Waals surface area contributed by atoms with E-state index in [9.17, 15) is 9.59 Å². The lowest BCUT2D eigenvalue weighted by molar-refractivity contribution is -0.124. The summed E-state index contributed by atoms with van der Waals surface area (Å²) in [6.45, 7) is 0.989. The second kappa shape index (κ2) is 9.81. The lowest BCUT2D eigenvalue weighted by Crippen LogP contribution is -2.28. The highest BCUT2D eigenvalue weighted by molar-refractivity contribution is 8.14. The molecule has 0 N–H and O–H groups in total. The number of carbonyl (C=O) groups excluding carboxylic acids is 2. The molecule has 5 heteroatoms. The van der Waals surface area contributed by atoms with Crippen LogP contribution >= 0.6 is 11.8 Å². The van der Waals surface area contributed by atoms with Crippen LogP contribution in [0.3, 0.4) is 0 Å². The number of nitrogens with zero attached hydrogens (tertiary/aromatic N) is 1. The molecular weight excluding hydrogens is 394 g/mol. The van der Waals surface area contributed by atoms with E-state index in [1.165, 1.54) is 10.5 Å². The Labute approximate surface area is 181 Å². The predicted molar refractivity (Wildman–Crippen MR) is 122 cm³/mol. The molecule has 3 aromatic rings. The van der Waals surface area contributed by atoms with Gasteiger partial charge in [0.2, 0.25) is 5.91 Å². The topological polar surface area (TPSA) is 46.6 Å². The Morgan fingerprint density at radius 3 is 2.37 bits per heavy atom. The SMILES string of the molecule is O=C1CSC(=O)N1Cc1ccc(OCCCCCc2ccccc2)c2ccccc12. The molecule has 1 fully saturated rings. The first-order valence-electron chi connectivity index (χ1n) is 10.4. The van der Waals surface area contributed by atoms with Crippen molar-refractivity contribution in [2.45, 2.75) is 32.2 Å². The minimum Gasteiger partial charge on any atom is -0.493 e. The zero-order valence-electron chi connectivity index (χ0n) is 16.9. The third kappa shape index (κ3) is 4.85. The lowest BCUT2D eigenvalue weighted by atomic mass is 10.0. The third-order valence-corrected chi connectivity index (χ3v) is 6.21. The maximum absolute atomic E-state index is 12.0. The zero-order chi connectivity index (χ0) is 20.8. The number of thioether (sulfide) groups is 1. The van der Waals surface area contributed by atoms with Crippen molar-refractivity contribution in [2.24, 2.45) is 0 Å². The molecule has 4 nitrogen and oxygen atoms in total. The van der Waals surface area contributed by atoms with Crippen LogP contribution < -0.4 is 4.74 Å². The number of amides is 2. The van der Waals surface area contributed by atoms with Gasteiger partial charge in [-0.15, -0.1) is 0 Å². The fraction of sp³-hybridized carbons (Fsp3) is 0.280. The van der Waals surface area contributed by atoms with E-state index in [1.807, 2.05) is 42.5 Å². The first-order chi connectivity index (χ1) is 14.7. The van der Waals surface area contributed by atoms with Gasteiger partial charge < -0.3 is 4.74 Å². The Morgan fingerprint density at radius 1 is 0.833 bits per heavy atom. The summed E-state index contributed by atoms with van der Waals surface area (Å²) in [6.07, 6.45) is 4.40. The number of aryl methyl sites for hydroxylation is 1. The van der Waals surface area contributed by atoms with Gasteiger partial charge in [-0.1, -0.05) is 72.4 Å². The van der Waals surface area contributed by atoms with Gasteiger partial charge in [0.05, 0.1) is 18.9 Å². The molecule has 30 heavy (non-hydrogen) atoms.